The monoisotopic (exact) mass is 448 g/mol. The number of halogens is 1. The van der Waals surface area contributed by atoms with Crippen molar-refractivity contribution in [3.05, 3.63) is 70.8 Å². The summed E-state index contributed by atoms with van der Waals surface area (Å²) >= 11 is 0. The summed E-state index contributed by atoms with van der Waals surface area (Å²) in [4.78, 5) is 29.6. The molecule has 2 aliphatic rings. The van der Waals surface area contributed by atoms with E-state index in [2.05, 4.69) is 17.2 Å². The van der Waals surface area contributed by atoms with Gasteiger partial charge in [-0.3, -0.25) is 9.59 Å². The second-order valence-electron chi connectivity index (χ2n) is 9.23. The average Bonchev–Trinajstić information content (AvgIpc) is 3.29. The first-order valence-electron chi connectivity index (χ1n) is 11.8. The molecule has 2 fully saturated rings. The molecule has 0 unspecified atom stereocenters. The van der Waals surface area contributed by atoms with E-state index in [1.165, 1.54) is 18.1 Å². The molecule has 7 heteroatoms. The molecule has 0 radical (unpaired) electrons. The highest BCUT2D eigenvalue weighted by molar-refractivity contribution is 6.00. The molecule has 2 amide bonds. The van der Waals surface area contributed by atoms with Crippen LogP contribution in [0.4, 0.5) is 4.39 Å². The number of nitrogens with zero attached hydrogens (tertiary/aromatic N) is 4. The number of fused-ring (bicyclic) bond motifs is 1. The van der Waals surface area contributed by atoms with Crippen molar-refractivity contribution in [3.8, 4) is 0 Å². The largest absolute Gasteiger partial charge is 0.339 e. The van der Waals surface area contributed by atoms with Crippen LogP contribution in [0.2, 0.25) is 0 Å². The third kappa shape index (κ3) is 4.24. The zero-order valence-electron chi connectivity index (χ0n) is 19.0. The van der Waals surface area contributed by atoms with E-state index in [0.29, 0.717) is 35.7 Å². The van der Waals surface area contributed by atoms with Crippen LogP contribution in [0.3, 0.4) is 0 Å². The van der Waals surface area contributed by atoms with Gasteiger partial charge in [-0.15, -0.1) is 0 Å². The average molecular weight is 449 g/mol. The number of benzene rings is 1. The van der Waals surface area contributed by atoms with Gasteiger partial charge in [-0.25, -0.2) is 8.91 Å². The lowest BCUT2D eigenvalue weighted by molar-refractivity contribution is 0.0708. The Labute approximate surface area is 193 Å². The molecule has 6 nitrogen and oxygen atoms in total. The molecular formula is C26H29FN4O2. The third-order valence-corrected chi connectivity index (χ3v) is 7.09. The maximum atomic E-state index is 13.9. The van der Waals surface area contributed by atoms with E-state index < -0.39 is 0 Å². The Bertz CT molecular complexity index is 1190. The Morgan fingerprint density at radius 2 is 1.67 bits per heavy atom. The number of piperidine rings is 2. The van der Waals surface area contributed by atoms with Gasteiger partial charge < -0.3 is 9.80 Å². The van der Waals surface area contributed by atoms with E-state index in [4.69, 9.17) is 0 Å². The molecule has 0 aliphatic carbocycles. The number of likely N-dealkylation sites (tertiary alicyclic amines) is 2. The van der Waals surface area contributed by atoms with Gasteiger partial charge in [0.2, 0.25) is 0 Å². The van der Waals surface area contributed by atoms with Gasteiger partial charge in [0, 0.05) is 37.9 Å². The summed E-state index contributed by atoms with van der Waals surface area (Å²) in [5.41, 5.74) is 3.62. The van der Waals surface area contributed by atoms with Crippen LogP contribution < -0.4 is 0 Å². The maximum absolute atomic E-state index is 13.9. The van der Waals surface area contributed by atoms with Crippen molar-refractivity contribution in [2.75, 3.05) is 26.2 Å². The third-order valence-electron chi connectivity index (χ3n) is 7.09. The fourth-order valence-electron chi connectivity index (χ4n) is 5.01. The summed E-state index contributed by atoms with van der Waals surface area (Å²) in [5.74, 6) is -0.0954. The number of carbonyl (C=O) groups is 2. The number of rotatable bonds is 3. The molecule has 0 spiro atoms. The molecule has 0 bridgehead atoms. The normalized spacial score (nSPS) is 17.5. The van der Waals surface area contributed by atoms with Gasteiger partial charge in [0.25, 0.3) is 11.8 Å². The Morgan fingerprint density at radius 1 is 0.939 bits per heavy atom. The lowest BCUT2D eigenvalue weighted by Crippen LogP contribution is -2.38. The first-order chi connectivity index (χ1) is 16.0. The number of hydrogen-bond acceptors (Lipinski definition) is 3. The number of aryl methyl sites for hydroxylation is 1. The SMILES string of the molecule is Cc1ccc(C(=O)N2CCC(c3ccn4ncc(C(=O)N5CCCCC5)c4c3)CC2)cc1F. The minimum Gasteiger partial charge on any atom is -0.339 e. The molecule has 0 saturated carbocycles. The van der Waals surface area contributed by atoms with Crippen LogP contribution in [0.5, 0.6) is 0 Å². The molecule has 0 atom stereocenters. The van der Waals surface area contributed by atoms with Crippen molar-refractivity contribution in [1.29, 1.82) is 0 Å². The molecule has 3 aromatic rings. The van der Waals surface area contributed by atoms with E-state index in [1.807, 2.05) is 16.0 Å². The lowest BCUT2D eigenvalue weighted by atomic mass is 9.89. The van der Waals surface area contributed by atoms with E-state index in [-0.39, 0.29) is 17.6 Å². The molecule has 2 aliphatic heterocycles. The van der Waals surface area contributed by atoms with Crippen LogP contribution in [-0.2, 0) is 0 Å². The number of carbonyl (C=O) groups excluding carboxylic acids is 2. The second-order valence-corrected chi connectivity index (χ2v) is 9.23. The van der Waals surface area contributed by atoms with Gasteiger partial charge in [0.15, 0.2) is 0 Å². The smallest absolute Gasteiger partial charge is 0.257 e. The summed E-state index contributed by atoms with van der Waals surface area (Å²) in [6.07, 6.45) is 8.57. The van der Waals surface area contributed by atoms with E-state index in [0.717, 1.165) is 44.3 Å². The quantitative estimate of drug-likeness (QED) is 0.596. The van der Waals surface area contributed by atoms with E-state index in [1.54, 1.807) is 29.8 Å². The number of aromatic nitrogens is 2. The Kier molecular flexibility index (Phi) is 5.87. The van der Waals surface area contributed by atoms with E-state index in [9.17, 15) is 14.0 Å². The second kappa shape index (κ2) is 8.96. The minimum atomic E-state index is -0.347. The van der Waals surface area contributed by atoms with Crippen molar-refractivity contribution >= 4 is 17.3 Å². The predicted molar refractivity (Wildman–Crippen MR) is 124 cm³/mol. The van der Waals surface area contributed by atoms with Crippen LogP contribution in [-0.4, -0.2) is 57.4 Å². The highest BCUT2D eigenvalue weighted by Gasteiger charge is 2.26. The van der Waals surface area contributed by atoms with Crippen molar-refractivity contribution < 1.29 is 14.0 Å². The fourth-order valence-corrected chi connectivity index (χ4v) is 5.01. The molecule has 4 heterocycles. The minimum absolute atomic E-state index is 0.0626. The van der Waals surface area contributed by atoms with Crippen LogP contribution in [0.15, 0.2) is 42.7 Å². The highest BCUT2D eigenvalue weighted by atomic mass is 19.1. The van der Waals surface area contributed by atoms with Crippen molar-refractivity contribution in [2.24, 2.45) is 0 Å². The summed E-state index contributed by atoms with van der Waals surface area (Å²) in [7, 11) is 0. The standard InChI is InChI=1S/C26H29FN4O2/c1-18-5-6-21(15-23(18)27)25(32)30-12-7-19(8-13-30)20-9-14-31-24(16-20)22(17-28-31)26(33)29-10-3-2-4-11-29/h5-6,9,14-17,19H,2-4,7-8,10-13H2,1H3. The lowest BCUT2D eigenvalue weighted by Gasteiger charge is -2.32. The van der Waals surface area contributed by atoms with Crippen molar-refractivity contribution in [3.63, 3.8) is 0 Å². The Morgan fingerprint density at radius 3 is 2.39 bits per heavy atom. The maximum Gasteiger partial charge on any atom is 0.257 e. The molecule has 0 N–H and O–H groups in total. The van der Waals surface area contributed by atoms with E-state index >= 15 is 0 Å². The van der Waals surface area contributed by atoms with Gasteiger partial charge in [-0.05, 0) is 80.3 Å². The van der Waals surface area contributed by atoms with Crippen LogP contribution in [0.1, 0.15) is 69.9 Å². The van der Waals surface area contributed by atoms with Crippen LogP contribution in [0, 0.1) is 12.7 Å². The molecule has 5 rings (SSSR count). The number of hydrogen-bond donors (Lipinski definition) is 0. The summed E-state index contributed by atoms with van der Waals surface area (Å²) < 4.78 is 15.7. The first-order valence-corrected chi connectivity index (χ1v) is 11.8. The summed E-state index contributed by atoms with van der Waals surface area (Å²) in [6, 6.07) is 8.83. The van der Waals surface area contributed by atoms with Gasteiger partial charge in [-0.2, -0.15) is 5.10 Å². The topological polar surface area (TPSA) is 57.9 Å². The Hall–Kier alpha value is -3.22. The van der Waals surface area contributed by atoms with Crippen LogP contribution >= 0.6 is 0 Å². The van der Waals surface area contributed by atoms with Gasteiger partial charge in [-0.1, -0.05) is 6.07 Å². The molecule has 33 heavy (non-hydrogen) atoms. The van der Waals surface area contributed by atoms with Crippen molar-refractivity contribution in [1.82, 2.24) is 19.4 Å². The number of amides is 2. The van der Waals surface area contributed by atoms with Crippen molar-refractivity contribution in [2.45, 2.75) is 44.9 Å². The zero-order valence-corrected chi connectivity index (χ0v) is 19.0. The Balaban J connectivity index is 1.29. The summed E-state index contributed by atoms with van der Waals surface area (Å²) in [5, 5.41) is 4.39. The molecule has 2 saturated heterocycles. The molecule has 1 aromatic carbocycles. The van der Waals surface area contributed by atoms with Gasteiger partial charge in [0.1, 0.15) is 5.82 Å². The zero-order chi connectivity index (χ0) is 22.9. The first kappa shape index (κ1) is 21.6. The predicted octanol–water partition coefficient (Wildman–Crippen LogP) is 4.43. The van der Waals surface area contributed by atoms with Gasteiger partial charge in [0.05, 0.1) is 17.3 Å². The van der Waals surface area contributed by atoms with Crippen LogP contribution in [0.25, 0.3) is 5.52 Å². The molecular weight excluding hydrogens is 419 g/mol. The summed E-state index contributed by atoms with van der Waals surface area (Å²) in [6.45, 7) is 4.57. The van der Waals surface area contributed by atoms with Gasteiger partial charge >= 0.3 is 0 Å². The molecule has 2 aromatic heterocycles. The molecule has 172 valence electrons. The highest BCUT2D eigenvalue weighted by Crippen LogP contribution is 2.30. The fraction of sp³-hybridized carbons (Fsp3) is 0.423. The number of pyridine rings is 1.